The molecule has 0 bridgehead atoms. The first-order valence-electron chi connectivity index (χ1n) is 12.4. The number of H-pyrrole nitrogens is 1. The highest BCUT2D eigenvalue weighted by molar-refractivity contribution is 5.84. The maximum absolute atomic E-state index is 10.0. The van der Waals surface area contributed by atoms with Gasteiger partial charge in [-0.25, -0.2) is 0 Å². The topological polar surface area (TPSA) is 86.4 Å². The summed E-state index contributed by atoms with van der Waals surface area (Å²) in [5.74, 6) is 1.39. The van der Waals surface area contributed by atoms with Crippen molar-refractivity contribution in [1.29, 1.82) is 5.26 Å². The van der Waals surface area contributed by atoms with E-state index in [0.717, 1.165) is 48.8 Å². The van der Waals surface area contributed by atoms with Gasteiger partial charge in [0.2, 0.25) is 0 Å². The third-order valence-electron chi connectivity index (χ3n) is 7.77. The van der Waals surface area contributed by atoms with E-state index in [-0.39, 0.29) is 6.04 Å². The normalized spacial score (nSPS) is 22.4. The van der Waals surface area contributed by atoms with E-state index in [1.807, 2.05) is 34.0 Å². The van der Waals surface area contributed by atoms with Crippen LogP contribution in [0.15, 0.2) is 54.9 Å². The van der Waals surface area contributed by atoms with Crippen molar-refractivity contribution in [2.45, 2.75) is 51.1 Å². The van der Waals surface area contributed by atoms with Crippen LogP contribution in [0.5, 0.6) is 0 Å². The van der Waals surface area contributed by atoms with E-state index in [1.165, 1.54) is 42.3 Å². The van der Waals surface area contributed by atoms with Gasteiger partial charge in [0.15, 0.2) is 6.19 Å². The largest absolute Gasteiger partial charge is 0.356 e. The number of aryl methyl sites for hydroxylation is 2. The summed E-state index contributed by atoms with van der Waals surface area (Å²) in [7, 11) is 0. The molecule has 1 saturated carbocycles. The van der Waals surface area contributed by atoms with Gasteiger partial charge in [0.25, 0.3) is 0 Å². The van der Waals surface area contributed by atoms with Crippen molar-refractivity contribution in [3.8, 4) is 17.6 Å². The minimum Gasteiger partial charge on any atom is -0.356 e. The fourth-order valence-corrected chi connectivity index (χ4v) is 6.05. The molecule has 172 valence electrons. The van der Waals surface area contributed by atoms with Gasteiger partial charge < -0.3 is 9.88 Å². The Kier molecular flexibility index (Phi) is 5.50. The molecular formula is C27H29N7. The number of aromatic amines is 1. The van der Waals surface area contributed by atoms with E-state index >= 15 is 0 Å². The van der Waals surface area contributed by atoms with Crippen LogP contribution in [0, 0.1) is 23.3 Å². The lowest BCUT2D eigenvalue weighted by atomic mass is 9.72. The van der Waals surface area contributed by atoms with Crippen molar-refractivity contribution in [1.82, 2.24) is 29.9 Å². The number of nitrogens with one attached hydrogen (secondary N) is 1. The smallest absolute Gasteiger partial charge is 0.179 e. The summed E-state index contributed by atoms with van der Waals surface area (Å²) in [6, 6.07) is 14.4. The van der Waals surface area contributed by atoms with Gasteiger partial charge >= 0.3 is 0 Å². The van der Waals surface area contributed by atoms with E-state index in [2.05, 4.69) is 50.7 Å². The van der Waals surface area contributed by atoms with Crippen LogP contribution in [0.2, 0.25) is 0 Å². The van der Waals surface area contributed by atoms with Gasteiger partial charge in [-0.1, -0.05) is 48.7 Å². The molecule has 0 amide bonds. The summed E-state index contributed by atoms with van der Waals surface area (Å²) in [5, 5.41) is 19.9. The van der Waals surface area contributed by atoms with Crippen molar-refractivity contribution in [2.24, 2.45) is 11.8 Å². The molecule has 34 heavy (non-hydrogen) atoms. The van der Waals surface area contributed by atoms with Gasteiger partial charge in [-0.05, 0) is 54.9 Å². The number of nitriles is 1. The molecule has 6 rings (SSSR count). The monoisotopic (exact) mass is 451 g/mol. The first-order chi connectivity index (χ1) is 16.8. The Morgan fingerprint density at radius 3 is 2.74 bits per heavy atom. The highest BCUT2D eigenvalue weighted by atomic mass is 15.4. The van der Waals surface area contributed by atoms with Crippen LogP contribution in [0.3, 0.4) is 0 Å². The zero-order valence-corrected chi connectivity index (χ0v) is 19.3. The fourth-order valence-electron chi connectivity index (χ4n) is 6.05. The van der Waals surface area contributed by atoms with Crippen molar-refractivity contribution < 1.29 is 0 Å². The first-order valence-corrected chi connectivity index (χ1v) is 12.4. The molecule has 2 aliphatic rings. The number of aromatic nitrogens is 5. The number of pyridine rings is 1. The number of rotatable bonds is 5. The predicted molar refractivity (Wildman–Crippen MR) is 130 cm³/mol. The van der Waals surface area contributed by atoms with Gasteiger partial charge in [-0.15, -0.1) is 5.10 Å². The van der Waals surface area contributed by atoms with Gasteiger partial charge in [0.1, 0.15) is 5.69 Å². The van der Waals surface area contributed by atoms with Crippen LogP contribution < -0.4 is 0 Å². The molecule has 1 N–H and O–H groups in total. The first kappa shape index (κ1) is 20.9. The summed E-state index contributed by atoms with van der Waals surface area (Å²) >= 11 is 0. The third-order valence-corrected chi connectivity index (χ3v) is 7.77. The highest BCUT2D eigenvalue weighted by Gasteiger charge is 2.38. The molecule has 0 spiro atoms. The molecule has 1 aliphatic carbocycles. The van der Waals surface area contributed by atoms with Gasteiger partial charge in [-0.3, -0.25) is 9.67 Å². The average molecular weight is 452 g/mol. The van der Waals surface area contributed by atoms with Crippen molar-refractivity contribution in [2.75, 3.05) is 6.54 Å². The predicted octanol–water partition coefficient (Wildman–Crippen LogP) is 5.10. The molecule has 4 heterocycles. The maximum Gasteiger partial charge on any atom is 0.179 e. The second-order valence-electron chi connectivity index (χ2n) is 9.70. The lowest BCUT2D eigenvalue weighted by Gasteiger charge is -2.44. The summed E-state index contributed by atoms with van der Waals surface area (Å²) < 4.78 is 1.90. The molecule has 7 heteroatoms. The standard InChI is InChI=1S/C27H29N7/c28-18-33-16-20-8-2-1-7-19(20)15-26(33)27-22(21-9-3-4-10-23(21)30-27)12-14-34-17-25(31-32-34)24-11-5-6-13-29-24/h3-6,9-11,13,17,19-20,26,30H,1-2,7-8,12,14-16H2. The van der Waals surface area contributed by atoms with E-state index in [4.69, 9.17) is 0 Å². The lowest BCUT2D eigenvalue weighted by molar-refractivity contribution is 0.0746. The zero-order valence-electron chi connectivity index (χ0n) is 19.3. The van der Waals surface area contributed by atoms with Crippen molar-refractivity contribution in [3.05, 3.63) is 66.1 Å². The Hall–Kier alpha value is -3.66. The number of hydrogen-bond acceptors (Lipinski definition) is 5. The number of para-hydroxylation sites is 1. The molecule has 1 aliphatic heterocycles. The minimum absolute atomic E-state index is 0.117. The SMILES string of the molecule is N#CN1CC2CCCCC2CC1c1[nH]c2ccccc2c1CCn1cc(-c2ccccn2)nn1. The van der Waals surface area contributed by atoms with Crippen LogP contribution >= 0.6 is 0 Å². The number of piperidine rings is 1. The molecule has 1 saturated heterocycles. The summed E-state index contributed by atoms with van der Waals surface area (Å²) in [6.07, 6.45) is 13.3. The van der Waals surface area contributed by atoms with E-state index in [1.54, 1.807) is 6.20 Å². The Morgan fingerprint density at radius 1 is 1.03 bits per heavy atom. The number of fused-ring (bicyclic) bond motifs is 2. The molecule has 4 aromatic rings. The molecule has 2 fully saturated rings. The van der Waals surface area contributed by atoms with Crippen molar-refractivity contribution >= 4 is 10.9 Å². The highest BCUT2D eigenvalue weighted by Crippen LogP contribution is 2.45. The maximum atomic E-state index is 10.0. The number of benzene rings is 1. The number of nitrogens with zero attached hydrogens (tertiary/aromatic N) is 6. The fraction of sp³-hybridized carbons (Fsp3) is 0.407. The third kappa shape index (κ3) is 3.83. The average Bonchev–Trinajstić information content (AvgIpc) is 3.52. The van der Waals surface area contributed by atoms with Crippen LogP contribution in [0.25, 0.3) is 22.3 Å². The van der Waals surface area contributed by atoms with E-state index < -0.39 is 0 Å². The van der Waals surface area contributed by atoms with Crippen LogP contribution in [-0.2, 0) is 13.0 Å². The molecule has 0 radical (unpaired) electrons. The van der Waals surface area contributed by atoms with Crippen LogP contribution in [0.1, 0.15) is 49.4 Å². The summed E-state index contributed by atoms with van der Waals surface area (Å²) in [5.41, 5.74) is 5.26. The zero-order chi connectivity index (χ0) is 22.9. The van der Waals surface area contributed by atoms with Gasteiger partial charge in [0, 0.05) is 35.9 Å². The molecule has 7 nitrogen and oxygen atoms in total. The molecular weight excluding hydrogens is 422 g/mol. The van der Waals surface area contributed by atoms with Crippen molar-refractivity contribution in [3.63, 3.8) is 0 Å². The number of likely N-dealkylation sites (tertiary alicyclic amines) is 1. The number of hydrogen-bond donors (Lipinski definition) is 1. The second kappa shape index (κ2) is 8.94. The van der Waals surface area contributed by atoms with E-state index in [0.29, 0.717) is 5.92 Å². The Labute approximate surface area is 199 Å². The lowest BCUT2D eigenvalue weighted by Crippen LogP contribution is -2.41. The van der Waals surface area contributed by atoms with Crippen LogP contribution in [-0.4, -0.2) is 36.4 Å². The quantitative estimate of drug-likeness (QED) is 0.427. The Balaban J connectivity index is 1.30. The van der Waals surface area contributed by atoms with Crippen LogP contribution in [0.4, 0.5) is 0 Å². The summed E-state index contributed by atoms with van der Waals surface area (Å²) in [6.45, 7) is 1.61. The molecule has 3 aromatic heterocycles. The summed E-state index contributed by atoms with van der Waals surface area (Å²) in [4.78, 5) is 10.1. The molecule has 3 unspecified atom stereocenters. The Morgan fingerprint density at radius 2 is 1.88 bits per heavy atom. The minimum atomic E-state index is 0.117. The van der Waals surface area contributed by atoms with Gasteiger partial charge in [0.05, 0.1) is 17.9 Å². The van der Waals surface area contributed by atoms with Gasteiger partial charge in [-0.2, -0.15) is 5.26 Å². The molecule has 1 aromatic carbocycles. The second-order valence-corrected chi connectivity index (χ2v) is 9.70. The van der Waals surface area contributed by atoms with E-state index in [9.17, 15) is 5.26 Å². The molecule has 3 atom stereocenters. The Bertz CT molecular complexity index is 1320.